The van der Waals surface area contributed by atoms with E-state index in [-0.39, 0.29) is 17.2 Å². The van der Waals surface area contributed by atoms with Gasteiger partial charge in [0, 0.05) is 16.2 Å². The lowest BCUT2D eigenvalue weighted by Crippen LogP contribution is -2.30. The van der Waals surface area contributed by atoms with Gasteiger partial charge in [0.15, 0.2) is 0 Å². The Hall–Kier alpha value is -2.34. The molecule has 0 saturated carbocycles. The monoisotopic (exact) mass is 388 g/mol. The number of nitrogens with one attached hydrogen (secondary N) is 1. The number of aromatic carboxylic acids is 1. The van der Waals surface area contributed by atoms with Gasteiger partial charge in [0.25, 0.3) is 0 Å². The molecule has 4 N–H and O–H groups in total. The van der Waals surface area contributed by atoms with Gasteiger partial charge in [-0.1, -0.05) is 22.0 Å². The fraction of sp³-hybridized carbons (Fsp3) is 0.222. The Bertz CT molecular complexity index is 803. The standard InChI is InChI=1S/C18H17BrN2O3/c19-11-3-6-12(7-4-11)21-13-5-1-10-2-8-14(18(23)24)16(17(20)22)15(10)9-13/h2-4,6-8,13,21H,1,5,9H2,(H2,20,22)(H,23,24). The zero-order chi connectivity index (χ0) is 17.3. The van der Waals surface area contributed by atoms with Gasteiger partial charge in [-0.25, -0.2) is 4.79 Å². The summed E-state index contributed by atoms with van der Waals surface area (Å²) in [5.41, 5.74) is 8.32. The quantitative estimate of drug-likeness (QED) is 0.749. The summed E-state index contributed by atoms with van der Waals surface area (Å²) < 4.78 is 1.00. The van der Waals surface area contributed by atoms with Crippen LogP contribution in [0.3, 0.4) is 0 Å². The number of halogens is 1. The summed E-state index contributed by atoms with van der Waals surface area (Å²) in [6, 6.07) is 11.3. The molecule has 0 saturated heterocycles. The lowest BCUT2D eigenvalue weighted by molar-refractivity contribution is 0.0691. The molecule has 0 aliphatic heterocycles. The molecule has 24 heavy (non-hydrogen) atoms. The van der Waals surface area contributed by atoms with Crippen LogP contribution in [-0.2, 0) is 12.8 Å². The lowest BCUT2D eigenvalue weighted by Gasteiger charge is -2.28. The van der Waals surface area contributed by atoms with E-state index in [9.17, 15) is 14.7 Å². The first kappa shape index (κ1) is 16.5. The average Bonchev–Trinajstić information content (AvgIpc) is 2.55. The number of fused-ring (bicyclic) bond motifs is 1. The van der Waals surface area contributed by atoms with Crippen LogP contribution in [-0.4, -0.2) is 23.0 Å². The predicted octanol–water partition coefficient (Wildman–Crippen LogP) is 3.22. The third kappa shape index (κ3) is 3.28. The van der Waals surface area contributed by atoms with Crippen molar-refractivity contribution in [3.63, 3.8) is 0 Å². The summed E-state index contributed by atoms with van der Waals surface area (Å²) in [5.74, 6) is -1.82. The second-order valence-corrected chi connectivity index (χ2v) is 6.80. The SMILES string of the molecule is NC(=O)c1c(C(=O)O)ccc2c1CC(Nc1ccc(Br)cc1)CC2. The topological polar surface area (TPSA) is 92.4 Å². The summed E-state index contributed by atoms with van der Waals surface area (Å²) in [7, 11) is 0. The molecule has 5 nitrogen and oxygen atoms in total. The number of anilines is 1. The fourth-order valence-corrected chi connectivity index (χ4v) is 3.47. The van der Waals surface area contributed by atoms with Crippen molar-refractivity contribution in [1.29, 1.82) is 0 Å². The number of carboxylic acids is 1. The molecule has 0 spiro atoms. The minimum absolute atomic E-state index is 0.0226. The summed E-state index contributed by atoms with van der Waals surface area (Å²) >= 11 is 3.40. The van der Waals surface area contributed by atoms with E-state index in [4.69, 9.17) is 5.73 Å². The number of carbonyl (C=O) groups excluding carboxylic acids is 1. The molecule has 1 aliphatic rings. The Morgan fingerprint density at radius 3 is 2.50 bits per heavy atom. The molecule has 124 valence electrons. The van der Waals surface area contributed by atoms with Crippen molar-refractivity contribution >= 4 is 33.5 Å². The molecule has 1 unspecified atom stereocenters. The Morgan fingerprint density at radius 1 is 1.17 bits per heavy atom. The number of amides is 1. The zero-order valence-electron chi connectivity index (χ0n) is 12.9. The maximum atomic E-state index is 11.8. The molecule has 6 heteroatoms. The minimum atomic E-state index is -1.13. The van der Waals surface area contributed by atoms with Crippen LogP contribution in [0.25, 0.3) is 0 Å². The molecule has 0 bridgehead atoms. The molecule has 1 aliphatic carbocycles. The molecule has 0 fully saturated rings. The number of nitrogens with two attached hydrogens (primary N) is 1. The first-order chi connectivity index (χ1) is 11.5. The van der Waals surface area contributed by atoms with Crippen LogP contribution in [0.15, 0.2) is 40.9 Å². The summed E-state index contributed by atoms with van der Waals surface area (Å²) in [6.07, 6.45) is 2.27. The maximum Gasteiger partial charge on any atom is 0.336 e. The van der Waals surface area contributed by atoms with Gasteiger partial charge in [-0.15, -0.1) is 0 Å². The first-order valence-corrected chi connectivity index (χ1v) is 8.45. The van der Waals surface area contributed by atoms with E-state index in [1.165, 1.54) is 6.07 Å². The van der Waals surface area contributed by atoms with Gasteiger partial charge in [0.2, 0.25) is 5.91 Å². The van der Waals surface area contributed by atoms with Crippen LogP contribution in [0, 0.1) is 0 Å². The molecular weight excluding hydrogens is 372 g/mol. The van der Waals surface area contributed by atoms with Crippen LogP contribution in [0.5, 0.6) is 0 Å². The van der Waals surface area contributed by atoms with Crippen LogP contribution >= 0.6 is 15.9 Å². The van der Waals surface area contributed by atoms with Crippen molar-refractivity contribution in [1.82, 2.24) is 0 Å². The van der Waals surface area contributed by atoms with Gasteiger partial charge >= 0.3 is 5.97 Å². The second kappa shape index (κ2) is 6.65. The number of aryl methyl sites for hydroxylation is 1. The number of carboxylic acid groups (broad SMARTS) is 1. The number of hydrogen-bond acceptors (Lipinski definition) is 3. The van der Waals surface area contributed by atoms with Crippen LogP contribution in [0.4, 0.5) is 5.69 Å². The maximum absolute atomic E-state index is 11.8. The van der Waals surface area contributed by atoms with Crippen molar-refractivity contribution in [3.8, 4) is 0 Å². The van der Waals surface area contributed by atoms with Crippen molar-refractivity contribution in [2.24, 2.45) is 5.73 Å². The highest BCUT2D eigenvalue weighted by atomic mass is 79.9. The highest BCUT2D eigenvalue weighted by Gasteiger charge is 2.26. The van der Waals surface area contributed by atoms with E-state index >= 15 is 0 Å². The van der Waals surface area contributed by atoms with E-state index in [2.05, 4.69) is 21.2 Å². The van der Waals surface area contributed by atoms with Gasteiger partial charge in [0.05, 0.1) is 11.1 Å². The van der Waals surface area contributed by atoms with Gasteiger partial charge in [0.1, 0.15) is 0 Å². The van der Waals surface area contributed by atoms with E-state index < -0.39 is 11.9 Å². The van der Waals surface area contributed by atoms with E-state index in [1.807, 2.05) is 24.3 Å². The Morgan fingerprint density at radius 2 is 1.88 bits per heavy atom. The molecule has 0 radical (unpaired) electrons. The van der Waals surface area contributed by atoms with Crippen LogP contribution in [0.1, 0.15) is 38.3 Å². The minimum Gasteiger partial charge on any atom is -0.478 e. The van der Waals surface area contributed by atoms with Crippen molar-refractivity contribution in [3.05, 3.63) is 63.1 Å². The summed E-state index contributed by atoms with van der Waals surface area (Å²) in [6.45, 7) is 0. The third-order valence-corrected chi connectivity index (χ3v) is 4.84. The summed E-state index contributed by atoms with van der Waals surface area (Å²) in [5, 5.41) is 12.8. The number of hydrogen-bond donors (Lipinski definition) is 3. The predicted molar refractivity (Wildman–Crippen MR) is 95.5 cm³/mol. The third-order valence-electron chi connectivity index (χ3n) is 4.31. The Labute approximate surface area is 148 Å². The normalized spacial score (nSPS) is 16.3. The van der Waals surface area contributed by atoms with Crippen LogP contribution < -0.4 is 11.1 Å². The molecule has 3 rings (SSSR count). The number of carbonyl (C=O) groups is 2. The average molecular weight is 389 g/mol. The van der Waals surface area contributed by atoms with E-state index in [1.54, 1.807) is 6.07 Å². The number of benzene rings is 2. The van der Waals surface area contributed by atoms with Crippen LogP contribution in [0.2, 0.25) is 0 Å². The second-order valence-electron chi connectivity index (χ2n) is 5.89. The highest BCUT2D eigenvalue weighted by Crippen LogP contribution is 2.29. The van der Waals surface area contributed by atoms with Gasteiger partial charge < -0.3 is 16.2 Å². The fourth-order valence-electron chi connectivity index (χ4n) is 3.20. The van der Waals surface area contributed by atoms with Crippen molar-refractivity contribution < 1.29 is 14.7 Å². The Balaban J connectivity index is 1.91. The van der Waals surface area contributed by atoms with Crippen molar-refractivity contribution in [2.45, 2.75) is 25.3 Å². The molecule has 1 amide bonds. The van der Waals surface area contributed by atoms with E-state index in [0.29, 0.717) is 6.42 Å². The molecule has 2 aromatic rings. The zero-order valence-corrected chi connectivity index (χ0v) is 14.5. The molecule has 2 aromatic carbocycles. The molecule has 0 aromatic heterocycles. The lowest BCUT2D eigenvalue weighted by atomic mass is 9.83. The van der Waals surface area contributed by atoms with Gasteiger partial charge in [-0.05, 0) is 60.7 Å². The number of rotatable bonds is 4. The summed E-state index contributed by atoms with van der Waals surface area (Å²) in [4.78, 5) is 23.2. The Kier molecular flexibility index (Phi) is 4.57. The first-order valence-electron chi connectivity index (χ1n) is 7.65. The molecule has 0 heterocycles. The largest absolute Gasteiger partial charge is 0.478 e. The highest BCUT2D eigenvalue weighted by molar-refractivity contribution is 9.10. The molecular formula is C18H17BrN2O3. The van der Waals surface area contributed by atoms with Gasteiger partial charge in [-0.2, -0.15) is 0 Å². The smallest absolute Gasteiger partial charge is 0.336 e. The molecule has 1 atom stereocenters. The van der Waals surface area contributed by atoms with Crippen molar-refractivity contribution in [2.75, 3.05) is 5.32 Å². The van der Waals surface area contributed by atoms with E-state index in [0.717, 1.165) is 34.1 Å². The van der Waals surface area contributed by atoms with Gasteiger partial charge in [-0.3, -0.25) is 4.79 Å². The number of primary amides is 1.